The second-order valence-corrected chi connectivity index (χ2v) is 11.2. The van der Waals surface area contributed by atoms with E-state index in [0.29, 0.717) is 41.7 Å². The van der Waals surface area contributed by atoms with Crippen LogP contribution in [0.15, 0.2) is 59.5 Å². The first-order chi connectivity index (χ1) is 17.7. The Kier molecular flexibility index (Phi) is 7.09. The molecule has 0 bridgehead atoms. The van der Waals surface area contributed by atoms with Gasteiger partial charge in [0.25, 0.3) is 5.91 Å². The number of anilines is 1. The fraction of sp³-hybridized carbons (Fsp3) is 0.269. The summed E-state index contributed by atoms with van der Waals surface area (Å²) >= 11 is 6.10. The van der Waals surface area contributed by atoms with E-state index < -0.39 is 21.7 Å². The van der Waals surface area contributed by atoms with Gasteiger partial charge in [-0.1, -0.05) is 23.7 Å². The number of halogens is 2. The molecule has 1 N–H and O–H groups in total. The van der Waals surface area contributed by atoms with Crippen LogP contribution in [0.5, 0.6) is 11.5 Å². The second kappa shape index (κ2) is 10.3. The van der Waals surface area contributed by atoms with Crippen LogP contribution in [0.1, 0.15) is 21.5 Å². The summed E-state index contributed by atoms with van der Waals surface area (Å²) in [7, 11) is -3.92. The molecule has 1 amide bonds. The molecule has 2 heterocycles. The van der Waals surface area contributed by atoms with Crippen LogP contribution in [0, 0.1) is 12.7 Å². The summed E-state index contributed by atoms with van der Waals surface area (Å²) in [5.74, 6) is -0.145. The number of hydrogen-bond donors (Lipinski definition) is 1. The fourth-order valence-corrected chi connectivity index (χ4v) is 5.97. The van der Waals surface area contributed by atoms with Crippen molar-refractivity contribution in [2.45, 2.75) is 18.4 Å². The number of ether oxygens (including phenoxy) is 2. The third kappa shape index (κ3) is 5.28. The third-order valence-electron chi connectivity index (χ3n) is 6.51. The Morgan fingerprint density at radius 2 is 1.78 bits per heavy atom. The van der Waals surface area contributed by atoms with Gasteiger partial charge in [-0.25, -0.2) is 12.8 Å². The van der Waals surface area contributed by atoms with Gasteiger partial charge < -0.3 is 14.8 Å². The van der Waals surface area contributed by atoms with Crippen molar-refractivity contribution < 1.29 is 27.1 Å². The minimum absolute atomic E-state index is 0.133. The van der Waals surface area contributed by atoms with Crippen LogP contribution in [0.3, 0.4) is 0 Å². The van der Waals surface area contributed by atoms with Crippen LogP contribution in [0.2, 0.25) is 5.02 Å². The largest absolute Gasteiger partial charge is 0.454 e. The number of rotatable bonds is 6. The lowest BCUT2D eigenvalue weighted by Crippen LogP contribution is -2.48. The maximum Gasteiger partial charge on any atom is 0.258 e. The lowest BCUT2D eigenvalue weighted by Gasteiger charge is -2.34. The highest BCUT2D eigenvalue weighted by molar-refractivity contribution is 7.89. The Balaban J connectivity index is 1.26. The number of piperazine rings is 1. The van der Waals surface area contributed by atoms with Crippen molar-refractivity contribution in [2.75, 3.05) is 38.3 Å². The molecule has 0 saturated carbocycles. The average molecular weight is 546 g/mol. The van der Waals surface area contributed by atoms with Crippen LogP contribution < -0.4 is 14.8 Å². The number of amides is 1. The molecule has 0 spiro atoms. The van der Waals surface area contributed by atoms with Gasteiger partial charge in [-0.2, -0.15) is 4.31 Å². The van der Waals surface area contributed by atoms with Crippen molar-refractivity contribution in [1.82, 2.24) is 9.21 Å². The molecule has 0 atom stereocenters. The Hall–Kier alpha value is -3.18. The predicted molar refractivity (Wildman–Crippen MR) is 137 cm³/mol. The highest BCUT2D eigenvalue weighted by atomic mass is 35.5. The molecule has 2 aliphatic rings. The molecule has 1 fully saturated rings. The summed E-state index contributed by atoms with van der Waals surface area (Å²) in [6, 6.07) is 14.0. The van der Waals surface area contributed by atoms with Gasteiger partial charge in [-0.05, 0) is 60.5 Å². The molecule has 1 saturated heterocycles. The van der Waals surface area contributed by atoms with Gasteiger partial charge in [0.05, 0.1) is 10.5 Å². The van der Waals surface area contributed by atoms with E-state index in [1.165, 1.54) is 10.4 Å². The van der Waals surface area contributed by atoms with Gasteiger partial charge in [0.2, 0.25) is 16.8 Å². The van der Waals surface area contributed by atoms with E-state index in [-0.39, 0.29) is 30.3 Å². The SMILES string of the molecule is Cc1c(Cl)cccc1NC(=O)c1cc(S(=O)(=O)N2CCN(Cc3ccc4c(c3)OCO4)CC2)ccc1F. The van der Waals surface area contributed by atoms with Gasteiger partial charge in [-0.3, -0.25) is 9.69 Å². The first-order valence-electron chi connectivity index (χ1n) is 11.7. The predicted octanol–water partition coefficient (Wildman–Crippen LogP) is 4.28. The molecule has 194 valence electrons. The van der Waals surface area contributed by atoms with Crippen molar-refractivity contribution >= 4 is 33.2 Å². The molecule has 5 rings (SSSR count). The standard InChI is InChI=1S/C26H25ClFN3O5S/c1-17-21(27)3-2-4-23(17)29-26(32)20-14-19(6-7-22(20)28)37(33,34)31-11-9-30(10-12-31)15-18-5-8-24-25(13-18)36-16-35-24/h2-8,13-14H,9-12,15-16H2,1H3,(H,29,32). The first-order valence-corrected chi connectivity index (χ1v) is 13.5. The maximum absolute atomic E-state index is 14.6. The highest BCUT2D eigenvalue weighted by Crippen LogP contribution is 2.33. The molecular weight excluding hydrogens is 521 g/mol. The number of fused-ring (bicyclic) bond motifs is 1. The number of nitrogens with zero attached hydrogens (tertiary/aromatic N) is 2. The Bertz CT molecular complexity index is 1460. The Morgan fingerprint density at radius 3 is 2.57 bits per heavy atom. The summed E-state index contributed by atoms with van der Waals surface area (Å²) < 4.78 is 53.3. The molecule has 37 heavy (non-hydrogen) atoms. The molecule has 2 aliphatic heterocycles. The zero-order valence-electron chi connectivity index (χ0n) is 20.0. The molecular formula is C26H25ClFN3O5S. The molecule has 0 radical (unpaired) electrons. The van der Waals surface area contributed by atoms with E-state index in [1.807, 2.05) is 18.2 Å². The van der Waals surface area contributed by atoms with Gasteiger partial charge in [-0.15, -0.1) is 0 Å². The van der Waals surface area contributed by atoms with Crippen molar-refractivity contribution in [2.24, 2.45) is 0 Å². The van der Waals surface area contributed by atoms with Gasteiger partial charge >= 0.3 is 0 Å². The zero-order chi connectivity index (χ0) is 26.2. The Labute approximate surface area is 219 Å². The van der Waals surface area contributed by atoms with E-state index in [0.717, 1.165) is 23.4 Å². The van der Waals surface area contributed by atoms with Gasteiger partial charge in [0.1, 0.15) is 5.82 Å². The second-order valence-electron chi connectivity index (χ2n) is 8.88. The van der Waals surface area contributed by atoms with Crippen molar-refractivity contribution in [3.05, 3.63) is 82.1 Å². The molecule has 11 heteroatoms. The first kappa shape index (κ1) is 25.5. The summed E-state index contributed by atoms with van der Waals surface area (Å²) in [5, 5.41) is 3.07. The van der Waals surface area contributed by atoms with E-state index in [9.17, 15) is 17.6 Å². The molecule has 0 aromatic heterocycles. The third-order valence-corrected chi connectivity index (χ3v) is 8.81. The number of hydrogen-bond acceptors (Lipinski definition) is 6. The van der Waals surface area contributed by atoms with Gasteiger partial charge in [0, 0.05) is 43.4 Å². The lowest BCUT2D eigenvalue weighted by atomic mass is 10.1. The maximum atomic E-state index is 14.6. The minimum Gasteiger partial charge on any atom is -0.454 e. The summed E-state index contributed by atoms with van der Waals surface area (Å²) in [5.41, 5.74) is 1.73. The molecule has 3 aromatic carbocycles. The molecule has 0 aliphatic carbocycles. The number of sulfonamides is 1. The quantitative estimate of drug-likeness (QED) is 0.497. The van der Waals surface area contributed by atoms with E-state index in [1.54, 1.807) is 25.1 Å². The zero-order valence-corrected chi connectivity index (χ0v) is 21.6. The van der Waals surface area contributed by atoms with Crippen LogP contribution in [-0.4, -0.2) is 56.5 Å². The smallest absolute Gasteiger partial charge is 0.258 e. The number of carbonyl (C=O) groups is 1. The number of benzene rings is 3. The van der Waals surface area contributed by atoms with Crippen LogP contribution in [0.25, 0.3) is 0 Å². The summed E-state index contributed by atoms with van der Waals surface area (Å²) in [4.78, 5) is 14.8. The topological polar surface area (TPSA) is 88.2 Å². The van der Waals surface area contributed by atoms with Crippen LogP contribution >= 0.6 is 11.6 Å². The van der Waals surface area contributed by atoms with E-state index in [4.69, 9.17) is 21.1 Å². The van der Waals surface area contributed by atoms with Crippen molar-refractivity contribution in [3.63, 3.8) is 0 Å². The molecule has 3 aromatic rings. The number of carbonyl (C=O) groups excluding carboxylic acids is 1. The minimum atomic E-state index is -3.92. The van der Waals surface area contributed by atoms with Crippen molar-refractivity contribution in [1.29, 1.82) is 0 Å². The number of nitrogens with one attached hydrogen (secondary N) is 1. The molecule has 0 unspecified atom stereocenters. The van der Waals surface area contributed by atoms with E-state index >= 15 is 0 Å². The summed E-state index contributed by atoms with van der Waals surface area (Å²) in [6.45, 7) is 4.17. The lowest BCUT2D eigenvalue weighted by molar-refractivity contribution is 0.102. The van der Waals surface area contributed by atoms with Gasteiger partial charge in [0.15, 0.2) is 11.5 Å². The normalized spacial score (nSPS) is 16.1. The summed E-state index contributed by atoms with van der Waals surface area (Å²) in [6.07, 6.45) is 0. The highest BCUT2D eigenvalue weighted by Gasteiger charge is 2.30. The monoisotopic (exact) mass is 545 g/mol. The van der Waals surface area contributed by atoms with Crippen LogP contribution in [-0.2, 0) is 16.6 Å². The molecule has 8 nitrogen and oxygen atoms in total. The van der Waals surface area contributed by atoms with E-state index in [2.05, 4.69) is 10.2 Å². The van der Waals surface area contributed by atoms with Crippen LogP contribution in [0.4, 0.5) is 10.1 Å². The Morgan fingerprint density at radius 1 is 1.03 bits per heavy atom. The average Bonchev–Trinajstić information content (AvgIpc) is 3.35. The fourth-order valence-electron chi connectivity index (χ4n) is 4.35. The van der Waals surface area contributed by atoms with Crippen molar-refractivity contribution in [3.8, 4) is 11.5 Å².